The molecule has 1 aromatic heterocycles. The zero-order chi connectivity index (χ0) is 14.1. The van der Waals surface area contributed by atoms with Crippen LogP contribution in [0.1, 0.15) is 36.5 Å². The van der Waals surface area contributed by atoms with Crippen LogP contribution in [0.3, 0.4) is 0 Å². The molecule has 1 aliphatic heterocycles. The Bertz CT molecular complexity index is 635. The van der Waals surface area contributed by atoms with Gasteiger partial charge in [-0.15, -0.1) is 0 Å². The van der Waals surface area contributed by atoms with Gasteiger partial charge in [0, 0.05) is 13.1 Å². The van der Waals surface area contributed by atoms with Gasteiger partial charge in [0.1, 0.15) is 5.52 Å². The van der Waals surface area contributed by atoms with Gasteiger partial charge in [0.2, 0.25) is 0 Å². The van der Waals surface area contributed by atoms with E-state index in [-0.39, 0.29) is 5.56 Å². The molecule has 1 aromatic carbocycles. The van der Waals surface area contributed by atoms with E-state index in [0.717, 1.165) is 13.1 Å². The number of aromatic carboxylic acids is 1. The van der Waals surface area contributed by atoms with Crippen molar-refractivity contribution in [3.05, 3.63) is 23.8 Å². The molecule has 1 N–H and O–H groups in total. The van der Waals surface area contributed by atoms with Crippen molar-refractivity contribution < 1.29 is 14.3 Å². The second-order valence-corrected chi connectivity index (χ2v) is 5.37. The topological polar surface area (TPSA) is 66.6 Å². The first-order valence-electron chi connectivity index (χ1n) is 7.06. The van der Waals surface area contributed by atoms with Crippen molar-refractivity contribution in [2.75, 3.05) is 18.0 Å². The number of benzene rings is 1. The number of carboxylic acids is 1. The van der Waals surface area contributed by atoms with Crippen molar-refractivity contribution in [3.8, 4) is 0 Å². The van der Waals surface area contributed by atoms with Crippen molar-refractivity contribution >= 4 is 23.1 Å². The Morgan fingerprint density at radius 3 is 3.15 bits per heavy atom. The van der Waals surface area contributed by atoms with Gasteiger partial charge in [0.25, 0.3) is 6.01 Å². The third-order valence-corrected chi connectivity index (χ3v) is 3.88. The largest absolute Gasteiger partial charge is 0.478 e. The number of fused-ring (bicyclic) bond motifs is 1. The van der Waals surface area contributed by atoms with Gasteiger partial charge in [-0.05, 0) is 37.0 Å². The average Bonchev–Trinajstić information content (AvgIpc) is 3.03. The lowest BCUT2D eigenvalue weighted by Crippen LogP contribution is -2.19. The van der Waals surface area contributed by atoms with E-state index in [0.29, 0.717) is 23.0 Å². The van der Waals surface area contributed by atoms with Gasteiger partial charge in [-0.3, -0.25) is 0 Å². The number of nitrogens with zero attached hydrogens (tertiary/aromatic N) is 2. The Morgan fingerprint density at radius 1 is 1.55 bits per heavy atom. The van der Waals surface area contributed by atoms with E-state index in [1.165, 1.54) is 25.3 Å². The molecule has 1 atom stereocenters. The predicted molar refractivity (Wildman–Crippen MR) is 76.2 cm³/mol. The number of rotatable bonds is 4. The van der Waals surface area contributed by atoms with E-state index < -0.39 is 5.97 Å². The van der Waals surface area contributed by atoms with Gasteiger partial charge >= 0.3 is 5.97 Å². The Balaban J connectivity index is 1.84. The van der Waals surface area contributed by atoms with Crippen LogP contribution in [0.5, 0.6) is 0 Å². The first kappa shape index (κ1) is 13.0. The maximum atomic E-state index is 11.0. The van der Waals surface area contributed by atoms with E-state index in [1.807, 2.05) is 0 Å². The molecule has 0 aliphatic carbocycles. The van der Waals surface area contributed by atoms with Crippen LogP contribution in [0.25, 0.3) is 11.1 Å². The summed E-state index contributed by atoms with van der Waals surface area (Å²) in [6.07, 6.45) is 3.61. The summed E-state index contributed by atoms with van der Waals surface area (Å²) in [6.45, 7) is 4.14. The highest BCUT2D eigenvalue weighted by molar-refractivity contribution is 5.92. The van der Waals surface area contributed by atoms with Gasteiger partial charge in [-0.2, -0.15) is 4.98 Å². The molecule has 5 heteroatoms. The summed E-state index contributed by atoms with van der Waals surface area (Å²) >= 11 is 0. The lowest BCUT2D eigenvalue weighted by atomic mass is 10.0. The fraction of sp³-hybridized carbons (Fsp3) is 0.467. The van der Waals surface area contributed by atoms with Crippen LogP contribution in [-0.2, 0) is 0 Å². The fourth-order valence-corrected chi connectivity index (χ4v) is 2.83. The fourth-order valence-electron chi connectivity index (χ4n) is 2.83. The highest BCUT2D eigenvalue weighted by atomic mass is 16.4. The first-order chi connectivity index (χ1) is 9.67. The zero-order valence-corrected chi connectivity index (χ0v) is 11.5. The molecule has 0 radical (unpaired) electrons. The average molecular weight is 274 g/mol. The van der Waals surface area contributed by atoms with Crippen LogP contribution in [-0.4, -0.2) is 29.1 Å². The summed E-state index contributed by atoms with van der Waals surface area (Å²) in [5.74, 6) is -0.237. The van der Waals surface area contributed by atoms with E-state index >= 15 is 0 Å². The molecule has 2 heterocycles. The monoisotopic (exact) mass is 274 g/mol. The summed E-state index contributed by atoms with van der Waals surface area (Å²) in [6, 6.07) is 5.40. The number of hydrogen-bond donors (Lipinski definition) is 1. The van der Waals surface area contributed by atoms with Gasteiger partial charge in [-0.25, -0.2) is 4.79 Å². The molecule has 0 saturated carbocycles. The predicted octanol–water partition coefficient (Wildman–Crippen LogP) is 3.15. The van der Waals surface area contributed by atoms with Crippen molar-refractivity contribution in [3.63, 3.8) is 0 Å². The van der Waals surface area contributed by atoms with Gasteiger partial charge in [-0.1, -0.05) is 13.3 Å². The third-order valence-electron chi connectivity index (χ3n) is 3.88. The number of anilines is 1. The lowest BCUT2D eigenvalue weighted by Gasteiger charge is -2.12. The molecule has 0 bridgehead atoms. The Morgan fingerprint density at radius 2 is 2.40 bits per heavy atom. The second-order valence-electron chi connectivity index (χ2n) is 5.37. The van der Waals surface area contributed by atoms with Gasteiger partial charge < -0.3 is 14.4 Å². The van der Waals surface area contributed by atoms with E-state index in [2.05, 4.69) is 16.8 Å². The molecule has 0 amide bonds. The summed E-state index contributed by atoms with van der Waals surface area (Å²) in [4.78, 5) is 17.6. The highest BCUT2D eigenvalue weighted by Crippen LogP contribution is 2.29. The lowest BCUT2D eigenvalue weighted by molar-refractivity contribution is 0.0697. The number of carboxylic acid groups (broad SMARTS) is 1. The SMILES string of the molecule is CCCC1CCN(c2nc3ccc(C(=O)O)cc3o2)C1. The van der Waals surface area contributed by atoms with Crippen molar-refractivity contribution in [1.29, 1.82) is 0 Å². The van der Waals surface area contributed by atoms with E-state index in [9.17, 15) is 4.79 Å². The molecule has 1 saturated heterocycles. The molecule has 2 aromatic rings. The first-order valence-corrected chi connectivity index (χ1v) is 7.06. The zero-order valence-electron chi connectivity index (χ0n) is 11.5. The molecule has 1 unspecified atom stereocenters. The minimum absolute atomic E-state index is 0.227. The summed E-state index contributed by atoms with van der Waals surface area (Å²) < 4.78 is 5.72. The Kier molecular flexibility index (Phi) is 3.34. The molecule has 1 aliphatic rings. The van der Waals surface area contributed by atoms with Crippen LogP contribution in [0.2, 0.25) is 0 Å². The van der Waals surface area contributed by atoms with Gasteiger partial charge in [0.15, 0.2) is 5.58 Å². The van der Waals surface area contributed by atoms with Crippen molar-refractivity contribution in [1.82, 2.24) is 4.98 Å². The number of carbonyl (C=O) groups is 1. The molecule has 20 heavy (non-hydrogen) atoms. The highest BCUT2D eigenvalue weighted by Gasteiger charge is 2.25. The van der Waals surface area contributed by atoms with E-state index in [1.54, 1.807) is 12.1 Å². The van der Waals surface area contributed by atoms with Crippen LogP contribution in [0.15, 0.2) is 22.6 Å². The van der Waals surface area contributed by atoms with Crippen LogP contribution in [0, 0.1) is 5.92 Å². The van der Waals surface area contributed by atoms with Crippen molar-refractivity contribution in [2.24, 2.45) is 5.92 Å². The smallest absolute Gasteiger partial charge is 0.335 e. The quantitative estimate of drug-likeness (QED) is 0.927. The number of oxazole rings is 1. The molecule has 5 nitrogen and oxygen atoms in total. The number of hydrogen-bond acceptors (Lipinski definition) is 4. The van der Waals surface area contributed by atoms with Crippen LogP contribution >= 0.6 is 0 Å². The Labute approximate surface area is 117 Å². The minimum atomic E-state index is -0.950. The third kappa shape index (κ3) is 2.35. The van der Waals surface area contributed by atoms with E-state index in [4.69, 9.17) is 9.52 Å². The molecule has 0 spiro atoms. The van der Waals surface area contributed by atoms with Crippen LogP contribution in [0.4, 0.5) is 6.01 Å². The summed E-state index contributed by atoms with van der Waals surface area (Å²) in [5, 5.41) is 8.98. The maximum Gasteiger partial charge on any atom is 0.335 e. The van der Waals surface area contributed by atoms with Crippen LogP contribution < -0.4 is 4.90 Å². The molecule has 106 valence electrons. The Hall–Kier alpha value is -2.04. The maximum absolute atomic E-state index is 11.0. The number of aromatic nitrogens is 1. The standard InChI is InChI=1S/C15H18N2O3/c1-2-3-10-6-7-17(9-10)15-16-12-5-4-11(14(18)19)8-13(12)20-15/h4-5,8,10H,2-3,6-7,9H2,1H3,(H,18,19). The normalized spacial score (nSPS) is 18.9. The molecular formula is C15H18N2O3. The summed E-state index contributed by atoms with van der Waals surface area (Å²) in [5.41, 5.74) is 1.48. The second kappa shape index (κ2) is 5.15. The molecule has 1 fully saturated rings. The minimum Gasteiger partial charge on any atom is -0.478 e. The summed E-state index contributed by atoms with van der Waals surface area (Å²) in [7, 11) is 0. The molecule has 3 rings (SSSR count). The van der Waals surface area contributed by atoms with Crippen molar-refractivity contribution in [2.45, 2.75) is 26.2 Å². The van der Waals surface area contributed by atoms with Gasteiger partial charge in [0.05, 0.1) is 5.56 Å². The molecular weight excluding hydrogens is 256 g/mol.